The van der Waals surface area contributed by atoms with Crippen LogP contribution in [0.5, 0.6) is 11.5 Å². The number of ether oxygens (including phenoxy) is 2. The van der Waals surface area contributed by atoms with Crippen LogP contribution in [0.2, 0.25) is 0 Å². The Hall–Kier alpha value is -1.46. The second-order valence-electron chi connectivity index (χ2n) is 3.48. The standard InChI is InChI=1S/C12H18N2O3.ClH/c1-13-8-12(15)14-7-9-4-5-10(16-2)6-11(9)17-3;/h4-6,13H,7-8H2,1-3H3,(H,14,15);1H. The number of nitrogens with one attached hydrogen (secondary N) is 2. The average molecular weight is 275 g/mol. The predicted molar refractivity (Wildman–Crippen MR) is 72.6 cm³/mol. The van der Waals surface area contributed by atoms with E-state index in [1.54, 1.807) is 27.3 Å². The first-order valence-corrected chi connectivity index (χ1v) is 5.33. The Kier molecular flexibility index (Phi) is 7.91. The monoisotopic (exact) mass is 274 g/mol. The molecule has 5 nitrogen and oxygen atoms in total. The molecule has 1 aromatic rings. The third-order valence-electron chi connectivity index (χ3n) is 2.31. The molecule has 0 aliphatic carbocycles. The maximum Gasteiger partial charge on any atom is 0.234 e. The minimum absolute atomic E-state index is 0. The van der Waals surface area contributed by atoms with E-state index in [0.717, 1.165) is 11.3 Å². The largest absolute Gasteiger partial charge is 0.497 e. The van der Waals surface area contributed by atoms with Gasteiger partial charge in [0.25, 0.3) is 0 Å². The summed E-state index contributed by atoms with van der Waals surface area (Å²) in [6.45, 7) is 0.742. The van der Waals surface area contributed by atoms with Gasteiger partial charge in [-0.3, -0.25) is 4.79 Å². The summed E-state index contributed by atoms with van der Waals surface area (Å²) >= 11 is 0. The predicted octanol–water partition coefficient (Wildman–Crippen LogP) is 0.961. The van der Waals surface area contributed by atoms with Crippen molar-refractivity contribution in [3.63, 3.8) is 0 Å². The van der Waals surface area contributed by atoms with Crippen molar-refractivity contribution in [1.82, 2.24) is 10.6 Å². The lowest BCUT2D eigenvalue weighted by Gasteiger charge is -2.11. The number of benzene rings is 1. The molecule has 0 bridgehead atoms. The van der Waals surface area contributed by atoms with Gasteiger partial charge in [0.1, 0.15) is 11.5 Å². The number of carbonyl (C=O) groups is 1. The van der Waals surface area contributed by atoms with Gasteiger partial charge in [-0.15, -0.1) is 12.4 Å². The average Bonchev–Trinajstić information content (AvgIpc) is 2.36. The number of hydrogen-bond acceptors (Lipinski definition) is 4. The van der Waals surface area contributed by atoms with E-state index in [2.05, 4.69) is 10.6 Å². The Balaban J connectivity index is 0.00000289. The van der Waals surface area contributed by atoms with Crippen molar-refractivity contribution in [2.45, 2.75) is 6.54 Å². The summed E-state index contributed by atoms with van der Waals surface area (Å²) in [6.07, 6.45) is 0. The van der Waals surface area contributed by atoms with E-state index in [0.29, 0.717) is 18.8 Å². The second kappa shape index (κ2) is 8.60. The van der Waals surface area contributed by atoms with Gasteiger partial charge >= 0.3 is 0 Å². The van der Waals surface area contributed by atoms with Gasteiger partial charge in [-0.2, -0.15) is 0 Å². The zero-order valence-electron chi connectivity index (χ0n) is 10.8. The highest BCUT2D eigenvalue weighted by Gasteiger charge is 2.06. The number of rotatable bonds is 6. The molecular weight excluding hydrogens is 256 g/mol. The molecule has 0 aromatic heterocycles. The SMILES string of the molecule is CNCC(=O)NCc1ccc(OC)cc1OC.Cl. The molecule has 0 fully saturated rings. The molecule has 0 radical (unpaired) electrons. The maximum atomic E-state index is 11.3. The van der Waals surface area contributed by atoms with Crippen molar-refractivity contribution < 1.29 is 14.3 Å². The van der Waals surface area contributed by atoms with Gasteiger partial charge in [-0.05, 0) is 19.2 Å². The number of likely N-dealkylation sites (N-methyl/N-ethyl adjacent to an activating group) is 1. The summed E-state index contributed by atoms with van der Waals surface area (Å²) in [6, 6.07) is 5.50. The van der Waals surface area contributed by atoms with Crippen molar-refractivity contribution in [2.75, 3.05) is 27.8 Å². The first kappa shape index (κ1) is 16.5. The first-order valence-electron chi connectivity index (χ1n) is 5.33. The summed E-state index contributed by atoms with van der Waals surface area (Å²) in [4.78, 5) is 11.3. The van der Waals surface area contributed by atoms with Gasteiger partial charge in [0, 0.05) is 18.2 Å². The van der Waals surface area contributed by atoms with E-state index in [9.17, 15) is 4.79 Å². The highest BCUT2D eigenvalue weighted by molar-refractivity contribution is 5.85. The van der Waals surface area contributed by atoms with Crippen molar-refractivity contribution >= 4 is 18.3 Å². The lowest BCUT2D eigenvalue weighted by Crippen LogP contribution is -2.31. The van der Waals surface area contributed by atoms with E-state index >= 15 is 0 Å². The molecule has 0 unspecified atom stereocenters. The van der Waals surface area contributed by atoms with Crippen LogP contribution in [0.25, 0.3) is 0 Å². The van der Waals surface area contributed by atoms with Gasteiger partial charge in [0.15, 0.2) is 0 Å². The molecule has 1 amide bonds. The van der Waals surface area contributed by atoms with Crippen LogP contribution in [-0.4, -0.2) is 33.7 Å². The molecule has 1 rings (SSSR count). The van der Waals surface area contributed by atoms with Gasteiger partial charge in [0.05, 0.1) is 20.8 Å². The van der Waals surface area contributed by atoms with Crippen molar-refractivity contribution in [3.8, 4) is 11.5 Å². The fraction of sp³-hybridized carbons (Fsp3) is 0.417. The summed E-state index contributed by atoms with van der Waals surface area (Å²) in [5.74, 6) is 1.38. The number of hydrogen-bond donors (Lipinski definition) is 2. The molecule has 102 valence electrons. The van der Waals surface area contributed by atoms with Crippen LogP contribution in [0.4, 0.5) is 0 Å². The Morgan fingerprint density at radius 1 is 1.28 bits per heavy atom. The van der Waals surface area contributed by atoms with E-state index in [-0.39, 0.29) is 18.3 Å². The second-order valence-corrected chi connectivity index (χ2v) is 3.48. The Morgan fingerprint density at radius 3 is 2.56 bits per heavy atom. The van der Waals surface area contributed by atoms with Crippen molar-refractivity contribution in [1.29, 1.82) is 0 Å². The number of methoxy groups -OCH3 is 2. The number of halogens is 1. The van der Waals surface area contributed by atoms with Crippen LogP contribution in [0, 0.1) is 0 Å². The number of amides is 1. The quantitative estimate of drug-likeness (QED) is 0.811. The maximum absolute atomic E-state index is 11.3. The fourth-order valence-corrected chi connectivity index (χ4v) is 1.41. The zero-order valence-corrected chi connectivity index (χ0v) is 11.6. The van der Waals surface area contributed by atoms with Crippen LogP contribution in [0.15, 0.2) is 18.2 Å². The fourth-order valence-electron chi connectivity index (χ4n) is 1.41. The zero-order chi connectivity index (χ0) is 12.7. The smallest absolute Gasteiger partial charge is 0.234 e. The molecule has 0 aliphatic rings. The van der Waals surface area contributed by atoms with Crippen molar-refractivity contribution in [2.24, 2.45) is 0 Å². The van der Waals surface area contributed by atoms with Crippen LogP contribution in [0.1, 0.15) is 5.56 Å². The molecule has 0 saturated carbocycles. The lowest BCUT2D eigenvalue weighted by atomic mass is 10.2. The topological polar surface area (TPSA) is 59.6 Å². The van der Waals surface area contributed by atoms with Crippen LogP contribution >= 0.6 is 12.4 Å². The minimum Gasteiger partial charge on any atom is -0.497 e. The lowest BCUT2D eigenvalue weighted by molar-refractivity contribution is -0.120. The summed E-state index contributed by atoms with van der Waals surface area (Å²) in [7, 11) is 4.92. The van der Waals surface area contributed by atoms with Crippen LogP contribution < -0.4 is 20.1 Å². The third kappa shape index (κ3) is 4.81. The molecular formula is C12H19ClN2O3. The molecule has 0 heterocycles. The summed E-state index contributed by atoms with van der Waals surface area (Å²) in [5, 5.41) is 5.58. The van der Waals surface area contributed by atoms with Crippen molar-refractivity contribution in [3.05, 3.63) is 23.8 Å². The van der Waals surface area contributed by atoms with E-state index in [1.165, 1.54) is 0 Å². The van der Waals surface area contributed by atoms with Gasteiger partial charge < -0.3 is 20.1 Å². The molecule has 0 atom stereocenters. The molecule has 6 heteroatoms. The van der Waals surface area contributed by atoms with Crippen LogP contribution in [0.3, 0.4) is 0 Å². The summed E-state index contributed by atoms with van der Waals surface area (Å²) in [5.41, 5.74) is 0.915. The minimum atomic E-state index is -0.0506. The highest BCUT2D eigenvalue weighted by atomic mass is 35.5. The Labute approximate surface area is 113 Å². The first-order chi connectivity index (χ1) is 8.21. The summed E-state index contributed by atoms with van der Waals surface area (Å²) < 4.78 is 10.3. The molecule has 0 aliphatic heterocycles. The number of carbonyl (C=O) groups excluding carboxylic acids is 1. The van der Waals surface area contributed by atoms with E-state index in [4.69, 9.17) is 9.47 Å². The highest BCUT2D eigenvalue weighted by Crippen LogP contribution is 2.24. The molecule has 1 aromatic carbocycles. The normalized spacial score (nSPS) is 9.28. The van der Waals surface area contributed by atoms with Crippen LogP contribution in [-0.2, 0) is 11.3 Å². The Morgan fingerprint density at radius 2 is 2.00 bits per heavy atom. The Bertz CT molecular complexity index is 386. The van der Waals surface area contributed by atoms with Gasteiger partial charge in [0.2, 0.25) is 5.91 Å². The van der Waals surface area contributed by atoms with E-state index in [1.807, 2.05) is 12.1 Å². The van der Waals surface area contributed by atoms with Gasteiger partial charge in [-0.25, -0.2) is 0 Å². The molecule has 18 heavy (non-hydrogen) atoms. The molecule has 2 N–H and O–H groups in total. The van der Waals surface area contributed by atoms with E-state index < -0.39 is 0 Å². The molecule has 0 saturated heterocycles. The van der Waals surface area contributed by atoms with Gasteiger partial charge in [-0.1, -0.05) is 0 Å². The third-order valence-corrected chi connectivity index (χ3v) is 2.31. The molecule has 0 spiro atoms.